The molecule has 5 rings (SSSR count). The largest absolute Gasteiger partial charge is 0.461 e. The Morgan fingerprint density at radius 3 is 2.32 bits per heavy atom. The lowest BCUT2D eigenvalue weighted by Crippen LogP contribution is -2.11. The minimum absolute atomic E-state index is 0.0247. The molecule has 5 aromatic rings. The predicted molar refractivity (Wildman–Crippen MR) is 132 cm³/mol. The lowest BCUT2D eigenvalue weighted by molar-refractivity contribution is 0.542. The van der Waals surface area contributed by atoms with E-state index in [0.29, 0.717) is 5.92 Å². The molecular formula is C29H29NO. The minimum atomic E-state index is -0.0247. The Balaban J connectivity index is 1.79. The summed E-state index contributed by atoms with van der Waals surface area (Å²) in [5.74, 6) is 1.46. The van der Waals surface area contributed by atoms with Crippen molar-refractivity contribution >= 4 is 32.5 Å². The molecule has 0 N–H and O–H groups in total. The van der Waals surface area contributed by atoms with E-state index in [-0.39, 0.29) is 5.41 Å². The summed E-state index contributed by atoms with van der Waals surface area (Å²) in [7, 11) is 0. The highest BCUT2D eigenvalue weighted by atomic mass is 16.3. The average Bonchev–Trinajstić information content (AvgIpc) is 3.11. The number of rotatable bonds is 2. The Hall–Kier alpha value is -3.13. The summed E-state index contributed by atoms with van der Waals surface area (Å²) >= 11 is 0. The first-order chi connectivity index (χ1) is 14.7. The molecular weight excluding hydrogens is 378 g/mol. The fourth-order valence-electron chi connectivity index (χ4n) is 4.58. The van der Waals surface area contributed by atoms with E-state index in [2.05, 4.69) is 89.2 Å². The zero-order valence-electron chi connectivity index (χ0n) is 19.2. The van der Waals surface area contributed by atoms with Crippen molar-refractivity contribution in [1.29, 1.82) is 0 Å². The van der Waals surface area contributed by atoms with Crippen molar-refractivity contribution in [3.63, 3.8) is 0 Å². The smallest absolute Gasteiger partial charge is 0.138 e. The first-order valence-corrected chi connectivity index (χ1v) is 11.1. The van der Waals surface area contributed by atoms with Gasteiger partial charge in [-0.05, 0) is 64.2 Å². The predicted octanol–water partition coefficient (Wildman–Crippen LogP) is 8.53. The van der Waals surface area contributed by atoms with Crippen LogP contribution in [0.25, 0.3) is 43.8 Å². The first-order valence-electron chi connectivity index (χ1n) is 11.1. The van der Waals surface area contributed by atoms with Crippen LogP contribution in [-0.4, -0.2) is 4.98 Å². The Kier molecular flexibility index (Phi) is 4.44. The summed E-state index contributed by atoms with van der Waals surface area (Å²) in [6, 6.07) is 20.0. The molecule has 0 atom stereocenters. The van der Waals surface area contributed by atoms with Crippen LogP contribution in [0.15, 0.2) is 65.2 Å². The van der Waals surface area contributed by atoms with Crippen LogP contribution in [0.3, 0.4) is 0 Å². The minimum Gasteiger partial charge on any atom is -0.461 e. The summed E-state index contributed by atoms with van der Waals surface area (Å²) < 4.78 is 6.07. The van der Waals surface area contributed by atoms with Crippen LogP contribution in [0.5, 0.6) is 0 Å². The van der Waals surface area contributed by atoms with E-state index in [0.717, 1.165) is 28.0 Å². The number of nitrogens with zero attached hydrogens (tertiary/aromatic N) is 1. The fraction of sp³-hybridized carbons (Fsp3) is 0.276. The number of furan rings is 1. The van der Waals surface area contributed by atoms with Crippen LogP contribution in [0.4, 0.5) is 0 Å². The zero-order chi connectivity index (χ0) is 21.9. The molecule has 0 bridgehead atoms. The molecule has 0 aliphatic rings. The van der Waals surface area contributed by atoms with Gasteiger partial charge in [0.05, 0.1) is 5.69 Å². The summed E-state index contributed by atoms with van der Waals surface area (Å²) in [6.45, 7) is 13.2. The maximum absolute atomic E-state index is 6.07. The normalized spacial score (nSPS) is 12.5. The van der Waals surface area contributed by atoms with Gasteiger partial charge in [-0.15, -0.1) is 0 Å². The molecule has 2 heterocycles. The summed E-state index contributed by atoms with van der Waals surface area (Å²) in [5.41, 5.74) is 5.72. The van der Waals surface area contributed by atoms with E-state index in [1.54, 1.807) is 0 Å². The molecule has 0 saturated heterocycles. The van der Waals surface area contributed by atoms with Crippen LogP contribution in [0.1, 0.15) is 57.4 Å². The van der Waals surface area contributed by atoms with Crippen LogP contribution in [-0.2, 0) is 5.41 Å². The van der Waals surface area contributed by atoms with E-state index in [4.69, 9.17) is 9.40 Å². The highest BCUT2D eigenvalue weighted by Gasteiger charge is 2.22. The van der Waals surface area contributed by atoms with Gasteiger partial charge >= 0.3 is 0 Å². The Morgan fingerprint density at radius 2 is 1.58 bits per heavy atom. The number of aromatic nitrogens is 1. The topological polar surface area (TPSA) is 26.0 Å². The number of hydrogen-bond acceptors (Lipinski definition) is 2. The highest BCUT2D eigenvalue weighted by molar-refractivity contribution is 6.11. The third-order valence-electron chi connectivity index (χ3n) is 6.27. The van der Waals surface area contributed by atoms with Gasteiger partial charge in [-0.2, -0.15) is 0 Å². The molecule has 31 heavy (non-hydrogen) atoms. The summed E-state index contributed by atoms with van der Waals surface area (Å²) in [5, 5.41) is 6.14. The van der Waals surface area contributed by atoms with Gasteiger partial charge in [0.2, 0.25) is 0 Å². The molecule has 0 spiro atoms. The molecule has 3 aromatic carbocycles. The lowest BCUT2D eigenvalue weighted by Gasteiger charge is -2.20. The quantitative estimate of drug-likeness (QED) is 0.274. The van der Waals surface area contributed by atoms with Gasteiger partial charge in [0.1, 0.15) is 11.3 Å². The van der Waals surface area contributed by atoms with E-state index >= 15 is 0 Å². The average molecular weight is 408 g/mol. The number of fused-ring (bicyclic) bond motifs is 4. The van der Waals surface area contributed by atoms with Crippen LogP contribution < -0.4 is 0 Å². The van der Waals surface area contributed by atoms with Gasteiger partial charge in [0, 0.05) is 28.1 Å². The molecule has 2 heteroatoms. The highest BCUT2D eigenvalue weighted by Crippen LogP contribution is 2.38. The van der Waals surface area contributed by atoms with E-state index < -0.39 is 0 Å². The van der Waals surface area contributed by atoms with Crippen molar-refractivity contribution < 1.29 is 4.42 Å². The zero-order valence-corrected chi connectivity index (χ0v) is 19.2. The number of benzene rings is 3. The second-order valence-electron chi connectivity index (χ2n) is 10.0. The van der Waals surface area contributed by atoms with E-state index in [1.165, 1.54) is 32.7 Å². The second-order valence-corrected chi connectivity index (χ2v) is 10.0. The van der Waals surface area contributed by atoms with Crippen molar-refractivity contribution in [3.05, 3.63) is 77.7 Å². The molecule has 0 fully saturated rings. The molecule has 2 aromatic heterocycles. The van der Waals surface area contributed by atoms with Gasteiger partial charge in [-0.1, -0.05) is 65.0 Å². The number of hydrogen-bond donors (Lipinski definition) is 0. The molecule has 0 aliphatic carbocycles. The van der Waals surface area contributed by atoms with Gasteiger partial charge in [0.25, 0.3) is 0 Å². The first kappa shape index (κ1) is 19.8. The van der Waals surface area contributed by atoms with Gasteiger partial charge in [-0.3, -0.25) is 4.98 Å². The molecule has 2 nitrogen and oxygen atoms in total. The van der Waals surface area contributed by atoms with Crippen LogP contribution >= 0.6 is 0 Å². The van der Waals surface area contributed by atoms with E-state index in [1.807, 2.05) is 13.1 Å². The number of aryl methyl sites for hydroxylation is 1. The maximum Gasteiger partial charge on any atom is 0.138 e. The molecule has 0 amide bonds. The third kappa shape index (κ3) is 3.31. The van der Waals surface area contributed by atoms with Crippen molar-refractivity contribution in [2.45, 2.75) is 52.9 Å². The standard InChI is InChI=1S/C29H29NO/c1-17(2)19-7-9-23-20(14-19)8-10-25-24(23)11-12-30-27(25)21-15-22-13-18(3)31-28(22)26(16-21)29(4,5)6/h7-17H,1-6H3. The Morgan fingerprint density at radius 1 is 0.806 bits per heavy atom. The summed E-state index contributed by atoms with van der Waals surface area (Å²) in [6.07, 6.45) is 1.94. The van der Waals surface area contributed by atoms with Crippen molar-refractivity contribution in [2.75, 3.05) is 0 Å². The van der Waals surface area contributed by atoms with Crippen LogP contribution in [0, 0.1) is 6.92 Å². The monoisotopic (exact) mass is 407 g/mol. The molecule has 0 unspecified atom stereocenters. The molecule has 156 valence electrons. The van der Waals surface area contributed by atoms with Gasteiger partial charge in [0.15, 0.2) is 0 Å². The van der Waals surface area contributed by atoms with Crippen LogP contribution in [0.2, 0.25) is 0 Å². The SMILES string of the molecule is Cc1cc2cc(-c3nccc4c3ccc3cc(C(C)C)ccc34)cc(C(C)(C)C)c2o1. The van der Waals surface area contributed by atoms with Crippen molar-refractivity contribution in [1.82, 2.24) is 4.98 Å². The van der Waals surface area contributed by atoms with Crippen molar-refractivity contribution in [3.8, 4) is 11.3 Å². The maximum atomic E-state index is 6.07. The fourth-order valence-corrected chi connectivity index (χ4v) is 4.58. The van der Waals surface area contributed by atoms with Crippen molar-refractivity contribution in [2.24, 2.45) is 0 Å². The Labute approximate surface area is 183 Å². The Bertz CT molecular complexity index is 1450. The third-order valence-corrected chi connectivity index (χ3v) is 6.27. The van der Waals surface area contributed by atoms with E-state index in [9.17, 15) is 0 Å². The lowest BCUT2D eigenvalue weighted by atomic mass is 9.84. The summed E-state index contributed by atoms with van der Waals surface area (Å²) in [4.78, 5) is 4.84. The van der Waals surface area contributed by atoms with Gasteiger partial charge < -0.3 is 4.42 Å². The molecule has 0 radical (unpaired) electrons. The molecule has 0 aliphatic heterocycles. The van der Waals surface area contributed by atoms with Gasteiger partial charge in [-0.25, -0.2) is 0 Å². The number of pyridine rings is 1. The second kappa shape index (κ2) is 6.95. The molecule has 0 saturated carbocycles.